The lowest BCUT2D eigenvalue weighted by Gasteiger charge is -2.12. The molecule has 0 saturated carbocycles. The average Bonchev–Trinajstić information content (AvgIpc) is 2.25. The van der Waals surface area contributed by atoms with Crippen LogP contribution < -0.4 is 11.1 Å². The second-order valence-electron chi connectivity index (χ2n) is 3.00. The molecule has 0 spiro atoms. The summed E-state index contributed by atoms with van der Waals surface area (Å²) in [6.45, 7) is 0. The van der Waals surface area contributed by atoms with Crippen molar-refractivity contribution in [2.24, 2.45) is 5.73 Å². The molecule has 1 aromatic carbocycles. The Hall–Kier alpha value is -1.20. The van der Waals surface area contributed by atoms with E-state index in [1.807, 2.05) is 0 Å². The van der Waals surface area contributed by atoms with Crippen LogP contribution in [-0.2, 0) is 4.79 Å². The van der Waals surface area contributed by atoms with Crippen LogP contribution in [0, 0.1) is 0 Å². The fraction of sp³-hybridized carbons (Fsp3) is 0.200. The maximum atomic E-state index is 11.7. The summed E-state index contributed by atoms with van der Waals surface area (Å²) in [6, 6.07) is 6.46. The minimum Gasteiger partial charge on any atom is -0.367 e. The van der Waals surface area contributed by atoms with Gasteiger partial charge in [-0.3, -0.25) is 9.59 Å². The van der Waals surface area contributed by atoms with E-state index in [1.165, 1.54) is 17.8 Å². The second kappa shape index (κ2) is 5.77. The van der Waals surface area contributed by atoms with E-state index in [0.717, 1.165) is 0 Å². The quantitative estimate of drug-likeness (QED) is 0.799. The Morgan fingerprint density at radius 1 is 1.50 bits per heavy atom. The molecule has 3 N–H and O–H groups in total. The number of carbonyl (C=O) groups is 2. The molecule has 4 nitrogen and oxygen atoms in total. The molecule has 0 aliphatic rings. The molecular weight excluding hydrogens is 248 g/mol. The molecule has 0 aromatic heterocycles. The van der Waals surface area contributed by atoms with E-state index in [0.29, 0.717) is 10.6 Å². The van der Waals surface area contributed by atoms with Gasteiger partial charge in [-0.15, -0.1) is 11.8 Å². The summed E-state index contributed by atoms with van der Waals surface area (Å²) in [5.74, 6) is -0.955. The van der Waals surface area contributed by atoms with Gasteiger partial charge in [-0.2, -0.15) is 0 Å². The number of primary amides is 1. The Kier molecular flexibility index (Phi) is 4.64. The van der Waals surface area contributed by atoms with Crippen LogP contribution in [0.2, 0.25) is 5.02 Å². The van der Waals surface area contributed by atoms with Crippen LogP contribution in [0.5, 0.6) is 0 Å². The van der Waals surface area contributed by atoms with E-state index in [4.69, 9.17) is 17.3 Å². The molecule has 1 atom stereocenters. The van der Waals surface area contributed by atoms with Crippen molar-refractivity contribution in [2.75, 3.05) is 6.26 Å². The third kappa shape index (κ3) is 3.43. The monoisotopic (exact) mass is 258 g/mol. The molecule has 6 heteroatoms. The third-order valence-corrected chi connectivity index (χ3v) is 2.90. The smallest absolute Gasteiger partial charge is 0.252 e. The molecule has 0 bridgehead atoms. The molecule has 1 rings (SSSR count). The van der Waals surface area contributed by atoms with E-state index in [1.54, 1.807) is 24.5 Å². The number of hydrogen-bond acceptors (Lipinski definition) is 3. The van der Waals surface area contributed by atoms with Crippen molar-refractivity contribution in [1.29, 1.82) is 0 Å². The fourth-order valence-electron chi connectivity index (χ4n) is 1.08. The first-order chi connectivity index (χ1) is 7.54. The summed E-state index contributed by atoms with van der Waals surface area (Å²) in [5.41, 5.74) is 5.50. The zero-order chi connectivity index (χ0) is 12.1. The summed E-state index contributed by atoms with van der Waals surface area (Å²) in [7, 11) is 0. The molecule has 0 heterocycles. The fourth-order valence-corrected chi connectivity index (χ4v) is 1.73. The van der Waals surface area contributed by atoms with Gasteiger partial charge in [-0.1, -0.05) is 17.7 Å². The number of thioether (sulfide) groups is 1. The van der Waals surface area contributed by atoms with Crippen LogP contribution in [0.1, 0.15) is 10.4 Å². The first kappa shape index (κ1) is 12.9. The number of nitrogens with two attached hydrogens (primary N) is 1. The Labute approximate surface area is 103 Å². The number of carbonyl (C=O) groups excluding carboxylic acids is 2. The number of hydrogen-bond donors (Lipinski definition) is 2. The second-order valence-corrected chi connectivity index (χ2v) is 4.38. The van der Waals surface area contributed by atoms with E-state index >= 15 is 0 Å². The first-order valence-corrected chi connectivity index (χ1v) is 6.09. The van der Waals surface area contributed by atoms with E-state index < -0.39 is 11.3 Å². The van der Waals surface area contributed by atoms with Crippen molar-refractivity contribution in [3.63, 3.8) is 0 Å². The van der Waals surface area contributed by atoms with Gasteiger partial charge in [0.25, 0.3) is 11.8 Å². The minimum atomic E-state index is -0.730. The lowest BCUT2D eigenvalue weighted by molar-refractivity contribution is -0.117. The summed E-state index contributed by atoms with van der Waals surface area (Å²) < 4.78 is 0. The Morgan fingerprint density at radius 2 is 2.19 bits per heavy atom. The summed E-state index contributed by atoms with van der Waals surface area (Å²) in [6.07, 6.45) is 1.69. The van der Waals surface area contributed by atoms with Crippen LogP contribution in [0.15, 0.2) is 24.3 Å². The summed E-state index contributed by atoms with van der Waals surface area (Å²) >= 11 is 6.91. The van der Waals surface area contributed by atoms with Gasteiger partial charge in [0, 0.05) is 10.6 Å². The molecule has 0 radical (unpaired) electrons. The van der Waals surface area contributed by atoms with Gasteiger partial charge in [-0.05, 0) is 24.5 Å². The van der Waals surface area contributed by atoms with Crippen molar-refractivity contribution < 1.29 is 9.59 Å². The van der Waals surface area contributed by atoms with E-state index in [-0.39, 0.29) is 5.91 Å². The van der Waals surface area contributed by atoms with Gasteiger partial charge in [0.05, 0.1) is 0 Å². The van der Waals surface area contributed by atoms with Crippen molar-refractivity contribution >= 4 is 35.2 Å². The normalized spacial score (nSPS) is 11.9. The lowest BCUT2D eigenvalue weighted by atomic mass is 10.2. The molecule has 0 saturated heterocycles. The molecule has 0 fully saturated rings. The van der Waals surface area contributed by atoms with Gasteiger partial charge >= 0.3 is 0 Å². The van der Waals surface area contributed by atoms with Crippen LogP contribution in [0.25, 0.3) is 0 Å². The van der Waals surface area contributed by atoms with Gasteiger partial charge in [-0.25, -0.2) is 0 Å². The minimum absolute atomic E-state index is 0.374. The molecule has 0 aliphatic carbocycles. The van der Waals surface area contributed by atoms with Crippen LogP contribution in [0.3, 0.4) is 0 Å². The van der Waals surface area contributed by atoms with Crippen LogP contribution >= 0.6 is 23.4 Å². The molecule has 0 aliphatic heterocycles. The molecule has 2 amide bonds. The molecular formula is C10H11ClN2O2S. The van der Waals surface area contributed by atoms with Gasteiger partial charge in [0.1, 0.15) is 0 Å². The van der Waals surface area contributed by atoms with Crippen molar-refractivity contribution in [2.45, 2.75) is 5.37 Å². The number of amides is 2. The number of nitrogens with one attached hydrogen (secondary N) is 1. The Morgan fingerprint density at radius 3 is 2.69 bits per heavy atom. The maximum Gasteiger partial charge on any atom is 0.252 e. The largest absolute Gasteiger partial charge is 0.367 e. The van der Waals surface area contributed by atoms with Crippen molar-refractivity contribution in [3.05, 3.63) is 34.9 Å². The lowest BCUT2D eigenvalue weighted by Crippen LogP contribution is -2.41. The van der Waals surface area contributed by atoms with Crippen LogP contribution in [-0.4, -0.2) is 23.4 Å². The first-order valence-electron chi connectivity index (χ1n) is 4.43. The SMILES string of the molecule is CSC(NC(=O)c1cccc(Cl)c1)C(N)=O. The zero-order valence-electron chi connectivity index (χ0n) is 8.57. The van der Waals surface area contributed by atoms with Crippen molar-refractivity contribution in [1.82, 2.24) is 5.32 Å². The molecule has 86 valence electrons. The number of benzene rings is 1. The highest BCUT2D eigenvalue weighted by atomic mass is 35.5. The van der Waals surface area contributed by atoms with E-state index in [9.17, 15) is 9.59 Å². The van der Waals surface area contributed by atoms with Gasteiger partial charge in [0.15, 0.2) is 5.37 Å². The van der Waals surface area contributed by atoms with Gasteiger partial charge in [0.2, 0.25) is 0 Å². The third-order valence-electron chi connectivity index (χ3n) is 1.84. The highest BCUT2D eigenvalue weighted by Crippen LogP contribution is 2.11. The highest BCUT2D eigenvalue weighted by Gasteiger charge is 2.17. The maximum absolute atomic E-state index is 11.7. The van der Waals surface area contributed by atoms with E-state index in [2.05, 4.69) is 5.32 Å². The number of halogens is 1. The summed E-state index contributed by atoms with van der Waals surface area (Å²) in [4.78, 5) is 22.6. The average molecular weight is 259 g/mol. The van der Waals surface area contributed by atoms with Crippen molar-refractivity contribution in [3.8, 4) is 0 Å². The topological polar surface area (TPSA) is 72.2 Å². The Bertz CT molecular complexity index is 412. The summed E-state index contributed by atoms with van der Waals surface area (Å²) in [5, 5.41) is 2.24. The molecule has 16 heavy (non-hydrogen) atoms. The standard InChI is InChI=1S/C10H11ClN2O2S/c1-16-10(8(12)14)13-9(15)6-3-2-4-7(11)5-6/h2-5,10H,1H3,(H2,12,14)(H,13,15). The van der Waals surface area contributed by atoms with Crippen LogP contribution in [0.4, 0.5) is 0 Å². The predicted molar refractivity (Wildman–Crippen MR) is 65.4 cm³/mol. The predicted octanol–water partition coefficient (Wildman–Crippen LogP) is 1.24. The molecule has 1 unspecified atom stereocenters. The highest BCUT2D eigenvalue weighted by molar-refractivity contribution is 7.99. The zero-order valence-corrected chi connectivity index (χ0v) is 10.1. The Balaban J connectivity index is 2.75. The number of rotatable bonds is 4. The molecule has 1 aromatic rings. The van der Waals surface area contributed by atoms with Gasteiger partial charge < -0.3 is 11.1 Å².